The maximum Gasteiger partial charge on any atom is 0.325 e. The van der Waals surface area contributed by atoms with Crippen molar-refractivity contribution in [1.82, 2.24) is 9.62 Å². The van der Waals surface area contributed by atoms with E-state index < -0.39 is 36.9 Å². The van der Waals surface area contributed by atoms with E-state index in [-0.39, 0.29) is 30.3 Å². The van der Waals surface area contributed by atoms with Crippen molar-refractivity contribution in [3.05, 3.63) is 34.4 Å². The molecule has 0 aliphatic carbocycles. The minimum atomic E-state index is -4.08. The normalized spacial score (nSPS) is 20.9. The van der Waals surface area contributed by atoms with Gasteiger partial charge in [-0.2, -0.15) is 4.31 Å². The summed E-state index contributed by atoms with van der Waals surface area (Å²) < 4.78 is 32.1. The Kier molecular flexibility index (Phi) is 6.95. The zero-order chi connectivity index (χ0) is 21.9. The molecule has 0 radical (unpaired) electrons. The molecule has 0 saturated carbocycles. The first-order valence-electron chi connectivity index (χ1n) is 9.16. The van der Waals surface area contributed by atoms with Crippen LogP contribution in [-0.4, -0.2) is 70.8 Å². The Morgan fingerprint density at radius 2 is 1.93 bits per heavy atom. The van der Waals surface area contributed by atoms with Crippen LogP contribution < -0.4 is 5.32 Å². The van der Waals surface area contributed by atoms with Crippen molar-refractivity contribution in [2.45, 2.75) is 28.4 Å². The highest BCUT2D eigenvalue weighted by Gasteiger charge is 2.53. The molecule has 1 aromatic carbocycles. The number of carbonyl (C=O) groups is 2. The van der Waals surface area contributed by atoms with Crippen LogP contribution in [0, 0.1) is 10.1 Å². The lowest BCUT2D eigenvalue weighted by molar-refractivity contribution is -0.384. The van der Waals surface area contributed by atoms with Crippen LogP contribution in [-0.2, 0) is 24.3 Å². The van der Waals surface area contributed by atoms with Gasteiger partial charge in [-0.15, -0.1) is 23.5 Å². The number of benzene rings is 1. The topological polar surface area (TPSA) is 136 Å². The molecule has 0 aromatic heterocycles. The van der Waals surface area contributed by atoms with Crippen molar-refractivity contribution in [3.8, 4) is 0 Å². The van der Waals surface area contributed by atoms with Crippen LogP contribution in [0.1, 0.15) is 13.3 Å². The summed E-state index contributed by atoms with van der Waals surface area (Å²) in [4.78, 5) is 34.5. The molecule has 2 fully saturated rings. The molecule has 0 unspecified atom stereocenters. The fourth-order valence-electron chi connectivity index (χ4n) is 3.36. The molecule has 2 aliphatic heterocycles. The van der Waals surface area contributed by atoms with Gasteiger partial charge in [0, 0.05) is 30.2 Å². The highest BCUT2D eigenvalue weighted by atomic mass is 32.2. The van der Waals surface area contributed by atoms with Crippen molar-refractivity contribution in [3.63, 3.8) is 0 Å². The molecule has 1 aromatic rings. The van der Waals surface area contributed by atoms with Crippen molar-refractivity contribution < 1.29 is 27.7 Å². The average molecular weight is 476 g/mol. The second kappa shape index (κ2) is 9.12. The summed E-state index contributed by atoms with van der Waals surface area (Å²) in [6.45, 7) is 1.61. The number of non-ortho nitro benzene ring substituents is 1. The molecule has 1 atom stereocenters. The van der Waals surface area contributed by atoms with Gasteiger partial charge in [0.15, 0.2) is 0 Å². The average Bonchev–Trinajstić information content (AvgIpc) is 3.34. The van der Waals surface area contributed by atoms with E-state index in [1.165, 1.54) is 12.1 Å². The van der Waals surface area contributed by atoms with Gasteiger partial charge in [-0.3, -0.25) is 19.7 Å². The zero-order valence-electron chi connectivity index (χ0n) is 16.1. The van der Waals surface area contributed by atoms with Gasteiger partial charge in [-0.05, 0) is 25.5 Å². The Morgan fingerprint density at radius 3 is 2.50 bits per heavy atom. The summed E-state index contributed by atoms with van der Waals surface area (Å²) in [5, 5.41) is 13.3. The molecule has 10 nitrogen and oxygen atoms in total. The number of nitrogens with one attached hydrogen (secondary N) is 1. The van der Waals surface area contributed by atoms with Crippen LogP contribution >= 0.6 is 23.5 Å². The van der Waals surface area contributed by atoms with E-state index in [9.17, 15) is 28.1 Å². The number of rotatable bonds is 7. The molecule has 2 heterocycles. The van der Waals surface area contributed by atoms with Crippen LogP contribution in [0.4, 0.5) is 5.69 Å². The maximum atomic E-state index is 13.3. The van der Waals surface area contributed by atoms with E-state index in [4.69, 9.17) is 4.74 Å². The van der Waals surface area contributed by atoms with Crippen molar-refractivity contribution in [2.75, 3.05) is 31.2 Å². The molecule has 1 amide bonds. The first-order valence-corrected chi connectivity index (χ1v) is 12.6. The van der Waals surface area contributed by atoms with Gasteiger partial charge < -0.3 is 10.1 Å². The third-order valence-corrected chi connectivity index (χ3v) is 10.0. The summed E-state index contributed by atoms with van der Waals surface area (Å²) in [5.41, 5.74) is -0.225. The van der Waals surface area contributed by atoms with Crippen LogP contribution in [0.3, 0.4) is 0 Å². The molecule has 2 saturated heterocycles. The third-order valence-electron chi connectivity index (χ3n) is 4.73. The van der Waals surface area contributed by atoms with Crippen LogP contribution in [0.25, 0.3) is 0 Å². The predicted octanol–water partition coefficient (Wildman–Crippen LogP) is 1.21. The van der Waals surface area contributed by atoms with Crippen molar-refractivity contribution in [1.29, 1.82) is 0 Å². The number of hydrogen-bond acceptors (Lipinski definition) is 9. The van der Waals surface area contributed by atoms with Crippen LogP contribution in [0.2, 0.25) is 0 Å². The largest absolute Gasteiger partial charge is 0.465 e. The van der Waals surface area contributed by atoms with E-state index in [0.29, 0.717) is 6.42 Å². The molecule has 164 valence electrons. The SMILES string of the molecule is CCOC(=O)CNC(=O)[C@@H]1CC2(CN1S(=O)(=O)c1ccc([N+](=O)[O-])cc1)SCCS2. The van der Waals surface area contributed by atoms with Gasteiger partial charge in [-0.25, -0.2) is 8.42 Å². The molecular formula is C17H21N3O7S3. The van der Waals surface area contributed by atoms with Crippen LogP contribution in [0.15, 0.2) is 29.2 Å². The fraction of sp³-hybridized carbons (Fsp3) is 0.529. The lowest BCUT2D eigenvalue weighted by atomic mass is 10.2. The fourth-order valence-corrected chi connectivity index (χ4v) is 8.42. The number of esters is 1. The number of nitrogens with zero attached hydrogens (tertiary/aromatic N) is 2. The van der Waals surface area contributed by atoms with E-state index in [0.717, 1.165) is 27.9 Å². The Hall–Kier alpha value is -1.83. The molecular weight excluding hydrogens is 454 g/mol. The Balaban J connectivity index is 1.85. The predicted molar refractivity (Wildman–Crippen MR) is 113 cm³/mol. The summed E-state index contributed by atoms with van der Waals surface area (Å²) in [5.74, 6) is 0.534. The number of sulfonamides is 1. The minimum absolute atomic E-state index is 0.124. The lowest BCUT2D eigenvalue weighted by Gasteiger charge is -2.23. The first-order chi connectivity index (χ1) is 14.2. The number of carbonyl (C=O) groups excluding carboxylic acids is 2. The van der Waals surface area contributed by atoms with Gasteiger partial charge in [-0.1, -0.05) is 0 Å². The number of nitro benzene ring substituents is 1. The lowest BCUT2D eigenvalue weighted by Crippen LogP contribution is -2.47. The van der Waals surface area contributed by atoms with Gasteiger partial charge in [0.2, 0.25) is 15.9 Å². The molecule has 1 spiro atoms. The number of nitro groups is 1. The minimum Gasteiger partial charge on any atom is -0.465 e. The third kappa shape index (κ3) is 4.74. The van der Waals surface area contributed by atoms with E-state index in [1.807, 2.05) is 0 Å². The standard InChI is InChI=1S/C17H21N3O7S3/c1-2-27-15(21)10-18-16(22)14-9-17(28-7-8-29-17)11-19(14)30(25,26)13-5-3-12(4-6-13)20(23)24/h3-6,14H,2,7-11H2,1H3,(H,18,22)/t14-/m0/s1. The summed E-state index contributed by atoms with van der Waals surface area (Å²) in [6.07, 6.45) is 0.309. The van der Waals surface area contributed by atoms with Gasteiger partial charge in [0.1, 0.15) is 12.6 Å². The number of hydrogen-bond donors (Lipinski definition) is 1. The number of ether oxygens (including phenoxy) is 1. The first kappa shape index (κ1) is 22.8. The second-order valence-corrected chi connectivity index (χ2v) is 11.8. The van der Waals surface area contributed by atoms with E-state index in [1.54, 1.807) is 30.4 Å². The summed E-state index contributed by atoms with van der Waals surface area (Å²) >= 11 is 3.25. The Bertz CT molecular complexity index is 930. The maximum absolute atomic E-state index is 13.3. The number of thioether (sulfide) groups is 2. The Labute approximate surface area is 182 Å². The zero-order valence-corrected chi connectivity index (χ0v) is 18.6. The van der Waals surface area contributed by atoms with Gasteiger partial charge in [0.05, 0.1) is 20.5 Å². The summed E-state index contributed by atoms with van der Waals surface area (Å²) in [7, 11) is -4.08. The molecule has 2 aliphatic rings. The monoisotopic (exact) mass is 475 g/mol. The highest BCUT2D eigenvalue weighted by Crippen LogP contribution is 2.52. The molecule has 0 bridgehead atoms. The number of amides is 1. The van der Waals surface area contributed by atoms with Crippen LogP contribution in [0.5, 0.6) is 0 Å². The Morgan fingerprint density at radius 1 is 1.30 bits per heavy atom. The van der Waals surface area contributed by atoms with Crippen molar-refractivity contribution >= 4 is 51.1 Å². The van der Waals surface area contributed by atoms with Crippen molar-refractivity contribution in [2.24, 2.45) is 0 Å². The van der Waals surface area contributed by atoms with E-state index >= 15 is 0 Å². The smallest absolute Gasteiger partial charge is 0.325 e. The van der Waals surface area contributed by atoms with Gasteiger partial charge in [0.25, 0.3) is 5.69 Å². The second-order valence-electron chi connectivity index (χ2n) is 6.65. The molecule has 3 rings (SSSR count). The quantitative estimate of drug-likeness (QED) is 0.350. The van der Waals surface area contributed by atoms with Gasteiger partial charge >= 0.3 is 5.97 Å². The molecule has 13 heteroatoms. The summed E-state index contributed by atoms with van der Waals surface area (Å²) in [6, 6.07) is 3.58. The van der Waals surface area contributed by atoms with E-state index in [2.05, 4.69) is 5.32 Å². The molecule has 30 heavy (non-hydrogen) atoms. The highest BCUT2D eigenvalue weighted by molar-refractivity contribution is 8.21. The molecule has 1 N–H and O–H groups in total.